The van der Waals surface area contributed by atoms with E-state index in [1.165, 1.54) is 10.4 Å². The summed E-state index contributed by atoms with van der Waals surface area (Å²) in [6.45, 7) is 13.2. The number of rotatable bonds is 11. The van der Waals surface area contributed by atoms with E-state index in [1.54, 1.807) is 0 Å². The first-order valence-corrected chi connectivity index (χ1v) is 12.8. The second-order valence-corrected chi connectivity index (χ2v) is 13.6. The van der Waals surface area contributed by atoms with Gasteiger partial charge in [-0.3, -0.25) is 0 Å². The first-order valence-electron chi connectivity index (χ1n) is 10.9. The molecule has 0 spiro atoms. The van der Waals surface area contributed by atoms with Gasteiger partial charge in [-0.15, -0.1) is 6.58 Å². The predicted molar refractivity (Wildman–Crippen MR) is 129 cm³/mol. The van der Waals surface area contributed by atoms with E-state index in [2.05, 4.69) is 75.9 Å². The van der Waals surface area contributed by atoms with Crippen molar-refractivity contribution in [1.82, 2.24) is 0 Å². The molecule has 0 fully saturated rings. The number of aliphatic hydroxyl groups excluding tert-OH is 2. The van der Waals surface area contributed by atoms with E-state index in [-0.39, 0.29) is 23.5 Å². The van der Waals surface area contributed by atoms with E-state index in [0.717, 1.165) is 6.42 Å². The Morgan fingerprint density at radius 1 is 1.00 bits per heavy atom. The van der Waals surface area contributed by atoms with Gasteiger partial charge in [0.15, 0.2) is 0 Å². The van der Waals surface area contributed by atoms with Gasteiger partial charge in [0.25, 0.3) is 8.32 Å². The zero-order valence-electron chi connectivity index (χ0n) is 18.9. The Morgan fingerprint density at radius 2 is 1.50 bits per heavy atom. The quantitative estimate of drug-likeness (QED) is 0.419. The number of benzene rings is 2. The van der Waals surface area contributed by atoms with Crippen LogP contribution in [0.4, 0.5) is 0 Å². The summed E-state index contributed by atoms with van der Waals surface area (Å²) in [5.74, 6) is 0.0114. The smallest absolute Gasteiger partial charge is 0.261 e. The minimum absolute atomic E-state index is 0.0103. The Bertz CT molecular complexity index is 715. The van der Waals surface area contributed by atoms with Gasteiger partial charge in [-0.05, 0) is 34.2 Å². The van der Waals surface area contributed by atoms with Crippen molar-refractivity contribution in [2.45, 2.75) is 51.7 Å². The molecule has 2 aromatic carbocycles. The van der Waals surface area contributed by atoms with Crippen LogP contribution in [0.15, 0.2) is 73.3 Å². The second kappa shape index (κ2) is 11.1. The maximum Gasteiger partial charge on any atom is 0.261 e. The molecule has 30 heavy (non-hydrogen) atoms. The first kappa shape index (κ1) is 24.5. The van der Waals surface area contributed by atoms with Gasteiger partial charge in [0.2, 0.25) is 0 Å². The molecule has 2 aromatic rings. The highest BCUT2D eigenvalue weighted by Crippen LogP contribution is 2.37. The number of hydrogen-bond donors (Lipinski definition) is 2. The van der Waals surface area contributed by atoms with Crippen molar-refractivity contribution >= 4 is 18.7 Å². The van der Waals surface area contributed by atoms with Crippen LogP contribution in [-0.2, 0) is 4.43 Å². The molecule has 2 N–H and O–H groups in total. The molecular formula is C26H38O3Si. The molecule has 0 saturated carbocycles. The van der Waals surface area contributed by atoms with Gasteiger partial charge in [0.1, 0.15) is 0 Å². The van der Waals surface area contributed by atoms with Gasteiger partial charge in [0, 0.05) is 19.1 Å². The monoisotopic (exact) mass is 426 g/mol. The summed E-state index contributed by atoms with van der Waals surface area (Å²) in [5, 5.41) is 22.1. The molecular weight excluding hydrogens is 388 g/mol. The van der Waals surface area contributed by atoms with Crippen molar-refractivity contribution in [1.29, 1.82) is 0 Å². The molecule has 4 heteroatoms. The lowest BCUT2D eigenvalue weighted by molar-refractivity contribution is 0.0597. The Morgan fingerprint density at radius 3 is 1.90 bits per heavy atom. The third kappa shape index (κ3) is 5.70. The van der Waals surface area contributed by atoms with Crippen LogP contribution in [0.2, 0.25) is 5.04 Å². The normalized spacial score (nSPS) is 15.4. The lowest BCUT2D eigenvalue weighted by atomic mass is 9.92. The average molecular weight is 427 g/mol. The maximum absolute atomic E-state index is 10.3. The Kier molecular flexibility index (Phi) is 9.04. The number of aliphatic hydroxyl groups is 2. The minimum Gasteiger partial charge on any atom is -0.407 e. The Labute approximate surface area is 183 Å². The van der Waals surface area contributed by atoms with Crippen LogP contribution in [0.1, 0.15) is 40.5 Å². The molecule has 0 aliphatic heterocycles. The van der Waals surface area contributed by atoms with E-state index >= 15 is 0 Å². The van der Waals surface area contributed by atoms with Crippen LogP contribution in [0.25, 0.3) is 0 Å². The molecule has 0 amide bonds. The van der Waals surface area contributed by atoms with Crippen molar-refractivity contribution in [3.05, 3.63) is 73.3 Å². The van der Waals surface area contributed by atoms with Crippen molar-refractivity contribution in [3.8, 4) is 0 Å². The predicted octanol–water partition coefficient (Wildman–Crippen LogP) is 4.13. The maximum atomic E-state index is 10.3. The molecule has 2 rings (SSSR count). The van der Waals surface area contributed by atoms with Crippen molar-refractivity contribution in [3.63, 3.8) is 0 Å². The molecule has 0 unspecified atom stereocenters. The van der Waals surface area contributed by atoms with Gasteiger partial charge < -0.3 is 14.6 Å². The molecule has 0 bridgehead atoms. The van der Waals surface area contributed by atoms with Crippen LogP contribution in [0, 0.1) is 11.8 Å². The summed E-state index contributed by atoms with van der Waals surface area (Å²) in [6, 6.07) is 21.3. The average Bonchev–Trinajstić information content (AvgIpc) is 2.75. The van der Waals surface area contributed by atoms with E-state index < -0.39 is 14.4 Å². The van der Waals surface area contributed by atoms with E-state index in [9.17, 15) is 10.2 Å². The third-order valence-corrected chi connectivity index (χ3v) is 11.1. The summed E-state index contributed by atoms with van der Waals surface area (Å²) >= 11 is 0. The topological polar surface area (TPSA) is 49.7 Å². The van der Waals surface area contributed by atoms with E-state index in [1.807, 2.05) is 25.1 Å². The first-order chi connectivity index (χ1) is 14.3. The largest absolute Gasteiger partial charge is 0.407 e. The fourth-order valence-electron chi connectivity index (χ4n) is 4.12. The molecule has 0 aliphatic rings. The van der Waals surface area contributed by atoms with Gasteiger partial charge in [-0.1, -0.05) is 94.4 Å². The highest BCUT2D eigenvalue weighted by Gasteiger charge is 2.50. The van der Waals surface area contributed by atoms with Crippen molar-refractivity contribution in [2.75, 3.05) is 13.2 Å². The molecule has 0 aromatic heterocycles. The highest BCUT2D eigenvalue weighted by molar-refractivity contribution is 6.99. The van der Waals surface area contributed by atoms with E-state index in [0.29, 0.717) is 13.0 Å². The second-order valence-electron chi connectivity index (χ2n) is 9.26. The number of hydrogen-bond acceptors (Lipinski definition) is 3. The molecule has 164 valence electrons. The summed E-state index contributed by atoms with van der Waals surface area (Å²) in [7, 11) is -2.53. The van der Waals surface area contributed by atoms with Gasteiger partial charge >= 0.3 is 0 Å². The molecule has 0 aliphatic carbocycles. The summed E-state index contributed by atoms with van der Waals surface area (Å²) in [6.07, 6.45) is 2.76. The van der Waals surface area contributed by atoms with Crippen molar-refractivity contribution < 1.29 is 14.6 Å². The van der Waals surface area contributed by atoms with Crippen molar-refractivity contribution in [2.24, 2.45) is 11.8 Å². The van der Waals surface area contributed by atoms with Crippen LogP contribution < -0.4 is 10.4 Å². The minimum atomic E-state index is -2.53. The fourth-order valence-corrected chi connectivity index (χ4v) is 8.70. The Hall–Kier alpha value is -1.72. The number of allylic oxidation sites excluding steroid dienone is 1. The standard InChI is InChI=1S/C26H38O3Si/c1-6-22(19-25(28)21(2)20-27)17-18-29-30(26(3,4)5,23-13-9-7-10-14-23)24-15-11-8-12-16-24/h6-16,21-22,25,27-28H,1,17-20H2,2-5H3/t21-,22+,25-/m1/s1. The molecule has 3 atom stereocenters. The molecule has 3 nitrogen and oxygen atoms in total. The molecule has 0 heterocycles. The highest BCUT2D eigenvalue weighted by atomic mass is 28.4. The van der Waals surface area contributed by atoms with Crippen LogP contribution in [-0.4, -0.2) is 37.8 Å². The van der Waals surface area contributed by atoms with Gasteiger partial charge in [0.05, 0.1) is 6.10 Å². The van der Waals surface area contributed by atoms with Gasteiger partial charge in [-0.2, -0.15) is 0 Å². The molecule has 0 saturated heterocycles. The van der Waals surface area contributed by atoms with E-state index in [4.69, 9.17) is 4.43 Å². The van der Waals surface area contributed by atoms with Crippen LogP contribution in [0.3, 0.4) is 0 Å². The lowest BCUT2D eigenvalue weighted by Crippen LogP contribution is -2.66. The summed E-state index contributed by atoms with van der Waals surface area (Å²) in [4.78, 5) is 0. The van der Waals surface area contributed by atoms with Crippen LogP contribution in [0.5, 0.6) is 0 Å². The van der Waals surface area contributed by atoms with Crippen LogP contribution >= 0.6 is 0 Å². The Balaban J connectivity index is 2.29. The fraction of sp³-hybridized carbons (Fsp3) is 0.462. The third-order valence-electron chi connectivity index (χ3n) is 6.05. The SMILES string of the molecule is C=C[C@@H](CCO[Si](c1ccccc1)(c1ccccc1)C(C)(C)C)C[C@@H](O)[C@H](C)CO. The molecule has 0 radical (unpaired) electrons. The van der Waals surface area contributed by atoms with Gasteiger partial charge in [-0.25, -0.2) is 0 Å². The zero-order chi connectivity index (χ0) is 22.2. The zero-order valence-corrected chi connectivity index (χ0v) is 19.9. The summed E-state index contributed by atoms with van der Waals surface area (Å²) < 4.78 is 6.93. The summed E-state index contributed by atoms with van der Waals surface area (Å²) in [5.41, 5.74) is 0. The lowest BCUT2D eigenvalue weighted by Gasteiger charge is -2.43.